The number of carbonyl (C=O) groups is 9. The van der Waals surface area contributed by atoms with Gasteiger partial charge in [0.25, 0.3) is 0 Å². The molecule has 402 valence electrons. The van der Waals surface area contributed by atoms with E-state index in [1.165, 1.54) is 13.0 Å². The van der Waals surface area contributed by atoms with Gasteiger partial charge in [-0.05, 0) is 30.0 Å². The summed E-state index contributed by atoms with van der Waals surface area (Å²) in [7, 11) is 0. The third-order valence-corrected chi connectivity index (χ3v) is 15.7. The maximum absolute atomic E-state index is 14.8. The van der Waals surface area contributed by atoms with Crippen LogP contribution in [-0.4, -0.2) is 201 Å². The van der Waals surface area contributed by atoms with Crippen LogP contribution in [0.3, 0.4) is 0 Å². The van der Waals surface area contributed by atoms with Gasteiger partial charge in [-0.25, -0.2) is 0 Å². The number of nitrogens with two attached hydrogens (primary N) is 2. The second-order valence-corrected chi connectivity index (χ2v) is 20.8. The van der Waals surface area contributed by atoms with Gasteiger partial charge in [0.15, 0.2) is 11.6 Å². The number of aromatic amines is 1. The number of fused-ring (bicyclic) bond motifs is 5. The highest BCUT2D eigenvalue weighted by molar-refractivity contribution is 7.99. The van der Waals surface area contributed by atoms with Gasteiger partial charge in [0.05, 0.1) is 60.4 Å². The Kier molecular flexibility index (Phi) is 19.8. The van der Waals surface area contributed by atoms with Crippen molar-refractivity contribution in [1.82, 2.24) is 46.3 Å². The number of amides is 7. The number of primary amides is 1. The summed E-state index contributed by atoms with van der Waals surface area (Å²) in [4.78, 5) is 135. The number of nitrogens with zero attached hydrogens (tertiary/aromatic N) is 3. The summed E-state index contributed by atoms with van der Waals surface area (Å²) in [6.07, 6.45) is -5.00. The van der Waals surface area contributed by atoms with E-state index in [0.29, 0.717) is 59.7 Å². The molecule has 24 nitrogen and oxygen atoms in total. The van der Waals surface area contributed by atoms with E-state index in [1.54, 1.807) is 19.9 Å². The standard InChI is InChI=1S/C48H71N11O13S/c1-4-24(2)41-46(71)52-18-39(67)53-32-23-73-47-30(29-5-6-34(62)31(43(29)56-47)21-58-11-9-57(8-7-49)10-12-58)13-26(44(69)51-19-40(68)54-41)14-36(64)42(25(3)37(65)22-60)55-45(70)33-17-28(61)20-59(33)48(72)27(15-35(32)63)16-38(50)66/h5-6,24-28,32-33,37,41-42,56,60-62,65H,4,7-23,49H2,1-3H3,(H2,50,66)(H,51,69)(H,52,71)(H,53,67)(H,54,68)(H,55,70)/t24-,25-,26-,27-,28+,32-,33-,37-,41-,42-/m0/s1. The molecule has 6 rings (SSSR count). The van der Waals surface area contributed by atoms with Crippen LogP contribution in [0.5, 0.6) is 5.75 Å². The van der Waals surface area contributed by atoms with E-state index in [-0.39, 0.29) is 24.3 Å². The van der Waals surface area contributed by atoms with Crippen LogP contribution in [0.25, 0.3) is 10.9 Å². The summed E-state index contributed by atoms with van der Waals surface area (Å²) < 4.78 is 0. The molecule has 7 amide bonds. The normalized spacial score (nSPS) is 27.5. The summed E-state index contributed by atoms with van der Waals surface area (Å²) in [6.45, 7) is 6.64. The lowest BCUT2D eigenvalue weighted by Gasteiger charge is -2.34. The number of phenolic OH excluding ortho intramolecular Hbond substituents is 1. The number of aromatic hydroxyl groups is 1. The van der Waals surface area contributed by atoms with E-state index in [9.17, 15) is 63.6 Å². The second-order valence-electron chi connectivity index (χ2n) is 19.7. The summed E-state index contributed by atoms with van der Waals surface area (Å²) >= 11 is 1.05. The molecule has 0 radical (unpaired) electrons. The van der Waals surface area contributed by atoms with Crippen molar-refractivity contribution in [1.29, 1.82) is 0 Å². The van der Waals surface area contributed by atoms with Gasteiger partial charge in [0, 0.05) is 107 Å². The van der Waals surface area contributed by atoms with Crippen LogP contribution in [-0.2, 0) is 56.1 Å². The number of H-pyrrole nitrogens is 1. The van der Waals surface area contributed by atoms with Crippen LogP contribution in [0, 0.1) is 23.7 Å². The largest absolute Gasteiger partial charge is 0.508 e. The molecule has 73 heavy (non-hydrogen) atoms. The van der Waals surface area contributed by atoms with Crippen LogP contribution in [0.15, 0.2) is 17.2 Å². The average Bonchev–Trinajstić information content (AvgIpc) is 3.93. The summed E-state index contributed by atoms with van der Waals surface area (Å²) in [5.74, 6) is -12.3. The fourth-order valence-electron chi connectivity index (χ4n) is 9.98. The van der Waals surface area contributed by atoms with Gasteiger partial charge < -0.3 is 68.4 Å². The van der Waals surface area contributed by atoms with Crippen LogP contribution in [0.2, 0.25) is 0 Å². The molecular weight excluding hydrogens is 971 g/mol. The van der Waals surface area contributed by atoms with E-state index >= 15 is 0 Å². The number of aromatic nitrogens is 1. The molecule has 5 heterocycles. The highest BCUT2D eigenvalue weighted by atomic mass is 32.2. The molecule has 4 aliphatic heterocycles. The predicted octanol–water partition coefficient (Wildman–Crippen LogP) is -3.68. The molecule has 14 N–H and O–H groups in total. The predicted molar refractivity (Wildman–Crippen MR) is 265 cm³/mol. The number of rotatable bonds is 11. The van der Waals surface area contributed by atoms with Crippen molar-refractivity contribution >= 4 is 75.6 Å². The Labute approximate surface area is 426 Å². The zero-order chi connectivity index (χ0) is 53.3. The molecule has 2 saturated heterocycles. The van der Waals surface area contributed by atoms with Crippen molar-refractivity contribution in [2.24, 2.45) is 35.1 Å². The van der Waals surface area contributed by atoms with Gasteiger partial charge in [-0.15, -0.1) is 11.8 Å². The number of aliphatic hydroxyl groups is 3. The Morgan fingerprint density at radius 2 is 1.53 bits per heavy atom. The van der Waals surface area contributed by atoms with Gasteiger partial charge in [0.1, 0.15) is 17.8 Å². The highest BCUT2D eigenvalue weighted by Gasteiger charge is 2.45. The van der Waals surface area contributed by atoms with E-state index in [0.717, 1.165) is 36.3 Å². The Morgan fingerprint density at radius 1 is 0.863 bits per heavy atom. The summed E-state index contributed by atoms with van der Waals surface area (Å²) in [5.41, 5.74) is 12.8. The number of hydrogen-bond acceptors (Lipinski definition) is 17. The molecule has 0 unspecified atom stereocenters. The Bertz CT molecular complexity index is 2400. The molecule has 1 aromatic carbocycles. The number of aliphatic hydroxyl groups excluding tert-OH is 3. The molecule has 2 aromatic rings. The molecule has 0 aliphatic carbocycles. The van der Waals surface area contributed by atoms with Crippen LogP contribution < -0.4 is 38.1 Å². The lowest BCUT2D eigenvalue weighted by molar-refractivity contribution is -0.145. The van der Waals surface area contributed by atoms with Crippen molar-refractivity contribution in [3.05, 3.63) is 23.3 Å². The van der Waals surface area contributed by atoms with Crippen LogP contribution in [0.4, 0.5) is 0 Å². The number of ketones is 2. The number of phenols is 1. The maximum atomic E-state index is 14.8. The van der Waals surface area contributed by atoms with Crippen molar-refractivity contribution in [2.45, 2.75) is 107 Å². The molecule has 2 fully saturated rings. The molecule has 4 aliphatic rings. The third kappa shape index (κ3) is 14.1. The van der Waals surface area contributed by atoms with E-state index < -0.39 is 158 Å². The molecule has 1 aromatic heterocycles. The van der Waals surface area contributed by atoms with Crippen molar-refractivity contribution in [2.75, 3.05) is 71.3 Å². The highest BCUT2D eigenvalue weighted by Crippen LogP contribution is 2.38. The first kappa shape index (κ1) is 56.6. The summed E-state index contributed by atoms with van der Waals surface area (Å²) in [5, 5.41) is 57.2. The number of Topliss-reactive ketones (excluding diaryl/α,β-unsaturated/α-hetero) is 2. The molecule has 0 spiro atoms. The minimum Gasteiger partial charge on any atom is -0.508 e. The zero-order valence-corrected chi connectivity index (χ0v) is 42.3. The lowest BCUT2D eigenvalue weighted by atomic mass is 9.85. The van der Waals surface area contributed by atoms with Crippen molar-refractivity contribution in [3.63, 3.8) is 0 Å². The second kappa shape index (κ2) is 25.5. The summed E-state index contributed by atoms with van der Waals surface area (Å²) in [6, 6.07) is -2.54. The number of nitrogens with one attached hydrogen (secondary N) is 6. The smallest absolute Gasteiger partial charge is 0.243 e. The molecular formula is C48H71N11O13S. The van der Waals surface area contributed by atoms with E-state index in [2.05, 4.69) is 41.4 Å². The lowest BCUT2D eigenvalue weighted by Crippen LogP contribution is -2.56. The van der Waals surface area contributed by atoms with Gasteiger partial charge in [-0.3, -0.25) is 53.0 Å². The Morgan fingerprint density at radius 3 is 2.19 bits per heavy atom. The van der Waals surface area contributed by atoms with Crippen molar-refractivity contribution in [3.8, 4) is 5.75 Å². The number of hydrogen-bond donors (Lipinski definition) is 12. The minimum absolute atomic E-state index is 0.0426. The van der Waals surface area contributed by atoms with Gasteiger partial charge in [-0.2, -0.15) is 0 Å². The van der Waals surface area contributed by atoms with E-state index in [1.807, 2.05) is 0 Å². The molecule has 0 saturated carbocycles. The topological polar surface area (TPSA) is 372 Å². The quantitative estimate of drug-likeness (QED) is 0.103. The van der Waals surface area contributed by atoms with Crippen LogP contribution in [0.1, 0.15) is 64.0 Å². The molecule has 10 atom stereocenters. The number of benzene rings is 1. The van der Waals surface area contributed by atoms with Gasteiger partial charge in [0.2, 0.25) is 41.4 Å². The Hall–Kier alpha value is -5.70. The zero-order valence-electron chi connectivity index (χ0n) is 41.5. The first-order valence-electron chi connectivity index (χ1n) is 24.9. The SMILES string of the molecule is CC[C@H](C)[C@@H]1NC(=O)CNC(=O)[C@@H]2CC(=O)[C@H]([C@@H](C)[C@@H](O)CO)NC(=O)[C@@H]3C[C@@H](O)CN3C(=O)[C@H](CC(N)=O)CC(=O)[C@H](CSc3[nH]c4c(CN5CCN(CCN)CC5)c(O)ccc4c3C2)NC(=O)CNC1=O. The van der Waals surface area contributed by atoms with Gasteiger partial charge >= 0.3 is 0 Å². The molecule has 2 bridgehead atoms. The van der Waals surface area contributed by atoms with Crippen molar-refractivity contribution < 1.29 is 63.6 Å². The average molecular weight is 1040 g/mol. The number of piperazine rings is 1. The fraction of sp³-hybridized carbons (Fsp3) is 0.646. The maximum Gasteiger partial charge on any atom is 0.243 e. The third-order valence-electron chi connectivity index (χ3n) is 14.5. The minimum atomic E-state index is -1.61. The fourth-order valence-corrected chi connectivity index (χ4v) is 11.1. The number of thioether (sulfide) groups is 1. The molecule has 25 heteroatoms. The number of carbonyl (C=O) groups excluding carboxylic acids is 9. The Balaban J connectivity index is 1.54. The first-order chi connectivity index (χ1) is 34.7. The monoisotopic (exact) mass is 1040 g/mol. The van der Waals surface area contributed by atoms with Crippen LogP contribution >= 0.6 is 11.8 Å². The van der Waals surface area contributed by atoms with E-state index in [4.69, 9.17) is 11.5 Å². The first-order valence-corrected chi connectivity index (χ1v) is 25.9. The van der Waals surface area contributed by atoms with Gasteiger partial charge in [-0.1, -0.05) is 27.2 Å².